The van der Waals surface area contributed by atoms with Gasteiger partial charge in [-0.3, -0.25) is 0 Å². The molecule has 1 heterocycles. The summed E-state index contributed by atoms with van der Waals surface area (Å²) in [6.45, 7) is 5.44. The fourth-order valence-corrected chi connectivity index (χ4v) is 3.99. The smallest absolute Gasteiger partial charge is 0.0801 e. The maximum Gasteiger partial charge on any atom is 0.0801 e. The van der Waals surface area contributed by atoms with E-state index in [2.05, 4.69) is 59.1 Å². The van der Waals surface area contributed by atoms with Crippen LogP contribution >= 0.6 is 11.5 Å². The quantitative estimate of drug-likeness (QED) is 0.841. The number of aryl methyl sites for hydroxylation is 1. The molecule has 3 nitrogen and oxygen atoms in total. The topological polar surface area (TPSA) is 37.8 Å². The summed E-state index contributed by atoms with van der Waals surface area (Å²) in [5.74, 6) is 1.37. The molecule has 2 aromatic rings. The van der Waals surface area contributed by atoms with Gasteiger partial charge in [-0.15, -0.1) is 5.10 Å². The van der Waals surface area contributed by atoms with Crippen LogP contribution in [-0.4, -0.2) is 16.1 Å². The van der Waals surface area contributed by atoms with Gasteiger partial charge >= 0.3 is 0 Å². The molecule has 1 fully saturated rings. The molecule has 0 saturated heterocycles. The molecule has 1 aliphatic rings. The molecular formula is C17H23N3S. The second-order valence-electron chi connectivity index (χ2n) is 5.79. The van der Waals surface area contributed by atoms with Gasteiger partial charge in [0.1, 0.15) is 0 Å². The normalized spacial score (nSPS) is 22.2. The number of nitrogens with one attached hydrogen (secondary N) is 1. The number of nitrogens with zero attached hydrogens (tertiary/aromatic N) is 2. The van der Waals surface area contributed by atoms with Crippen molar-refractivity contribution in [2.75, 3.05) is 6.54 Å². The predicted molar refractivity (Wildman–Crippen MR) is 87.6 cm³/mol. The van der Waals surface area contributed by atoms with Crippen molar-refractivity contribution in [3.63, 3.8) is 0 Å². The van der Waals surface area contributed by atoms with Gasteiger partial charge in [-0.2, -0.15) is 0 Å². The summed E-state index contributed by atoms with van der Waals surface area (Å²) in [6, 6.07) is 11.3. The Bertz CT molecular complexity index is 566. The summed E-state index contributed by atoms with van der Waals surface area (Å²) in [5.41, 5.74) is 2.65. The number of hydrogen-bond acceptors (Lipinski definition) is 4. The molecule has 0 radical (unpaired) electrons. The van der Waals surface area contributed by atoms with E-state index >= 15 is 0 Å². The van der Waals surface area contributed by atoms with Gasteiger partial charge in [0, 0.05) is 6.04 Å². The van der Waals surface area contributed by atoms with E-state index in [1.165, 1.54) is 22.6 Å². The van der Waals surface area contributed by atoms with Gasteiger partial charge in [-0.1, -0.05) is 48.7 Å². The number of aromatic nitrogens is 2. The molecular weight excluding hydrogens is 278 g/mol. The van der Waals surface area contributed by atoms with E-state index in [1.807, 2.05) is 0 Å². The largest absolute Gasteiger partial charge is 0.309 e. The molecule has 1 aromatic carbocycles. The molecule has 3 rings (SSSR count). The third-order valence-corrected chi connectivity index (χ3v) is 5.16. The Labute approximate surface area is 131 Å². The Hall–Kier alpha value is -1.26. The SMILES string of the molecule is CCCNC(c1snnc1CC)C1CC1c1ccccc1. The van der Waals surface area contributed by atoms with Crippen LogP contribution in [0.5, 0.6) is 0 Å². The molecule has 0 spiro atoms. The minimum absolute atomic E-state index is 0.421. The molecule has 21 heavy (non-hydrogen) atoms. The zero-order chi connectivity index (χ0) is 14.7. The second kappa shape index (κ2) is 6.67. The van der Waals surface area contributed by atoms with Crippen LogP contribution in [0.4, 0.5) is 0 Å². The van der Waals surface area contributed by atoms with E-state index < -0.39 is 0 Å². The van der Waals surface area contributed by atoms with Crippen LogP contribution in [0, 0.1) is 5.92 Å². The van der Waals surface area contributed by atoms with Crippen LogP contribution in [0.2, 0.25) is 0 Å². The van der Waals surface area contributed by atoms with Gasteiger partial charge in [0.15, 0.2) is 0 Å². The van der Waals surface area contributed by atoms with Crippen LogP contribution in [-0.2, 0) is 6.42 Å². The highest BCUT2D eigenvalue weighted by Crippen LogP contribution is 2.54. The molecule has 0 bridgehead atoms. The van der Waals surface area contributed by atoms with Gasteiger partial charge < -0.3 is 5.32 Å². The summed E-state index contributed by atoms with van der Waals surface area (Å²) in [4.78, 5) is 1.36. The first-order chi connectivity index (χ1) is 10.3. The summed E-state index contributed by atoms with van der Waals surface area (Å²) < 4.78 is 4.18. The average molecular weight is 301 g/mol. The third-order valence-electron chi connectivity index (χ3n) is 4.31. The van der Waals surface area contributed by atoms with Crippen LogP contribution in [0.3, 0.4) is 0 Å². The molecule has 112 valence electrons. The number of hydrogen-bond donors (Lipinski definition) is 1. The fraction of sp³-hybridized carbons (Fsp3) is 0.529. The first kappa shape index (κ1) is 14.7. The first-order valence-electron chi connectivity index (χ1n) is 7.94. The zero-order valence-electron chi connectivity index (χ0n) is 12.7. The standard InChI is InChI=1S/C17H23N3S/c1-3-10-18-16(17-15(4-2)19-20-21-17)14-11-13(14)12-8-6-5-7-9-12/h5-9,13-14,16,18H,3-4,10-11H2,1-2H3. The monoisotopic (exact) mass is 301 g/mol. The predicted octanol–water partition coefficient (Wildman–Crippen LogP) is 3.94. The van der Waals surface area contributed by atoms with Crippen molar-refractivity contribution in [2.24, 2.45) is 5.92 Å². The lowest BCUT2D eigenvalue weighted by molar-refractivity contribution is 0.476. The Morgan fingerprint density at radius 1 is 1.29 bits per heavy atom. The van der Waals surface area contributed by atoms with E-state index in [0.29, 0.717) is 17.9 Å². The van der Waals surface area contributed by atoms with Crippen LogP contribution in [0.1, 0.15) is 54.8 Å². The van der Waals surface area contributed by atoms with Gasteiger partial charge in [-0.25, -0.2) is 0 Å². The Morgan fingerprint density at radius 3 is 2.81 bits per heavy atom. The number of rotatable bonds is 7. The highest BCUT2D eigenvalue weighted by atomic mass is 32.1. The van der Waals surface area contributed by atoms with Crippen molar-refractivity contribution in [3.05, 3.63) is 46.5 Å². The summed E-state index contributed by atoms with van der Waals surface area (Å²) in [6.07, 6.45) is 3.40. The summed E-state index contributed by atoms with van der Waals surface area (Å²) in [5, 5.41) is 8.04. The Balaban J connectivity index is 1.78. The minimum atomic E-state index is 0.421. The third kappa shape index (κ3) is 3.16. The van der Waals surface area contributed by atoms with E-state index in [0.717, 1.165) is 19.4 Å². The van der Waals surface area contributed by atoms with Crippen LogP contribution < -0.4 is 5.32 Å². The fourth-order valence-electron chi connectivity index (χ4n) is 3.10. The van der Waals surface area contributed by atoms with Gasteiger partial charge in [0.05, 0.1) is 10.6 Å². The average Bonchev–Trinajstić information content (AvgIpc) is 3.18. The number of benzene rings is 1. The van der Waals surface area contributed by atoms with Crippen molar-refractivity contribution in [2.45, 2.75) is 45.1 Å². The molecule has 1 N–H and O–H groups in total. The highest BCUT2D eigenvalue weighted by Gasteiger charge is 2.45. The van der Waals surface area contributed by atoms with E-state index in [1.54, 1.807) is 11.5 Å². The van der Waals surface area contributed by atoms with Crippen molar-refractivity contribution in [3.8, 4) is 0 Å². The van der Waals surface area contributed by atoms with Crippen molar-refractivity contribution in [1.82, 2.24) is 14.9 Å². The van der Waals surface area contributed by atoms with Gasteiger partial charge in [0.25, 0.3) is 0 Å². The molecule has 4 heteroatoms. The molecule has 3 unspecified atom stereocenters. The molecule has 1 aliphatic carbocycles. The van der Waals surface area contributed by atoms with Crippen molar-refractivity contribution in [1.29, 1.82) is 0 Å². The summed E-state index contributed by atoms with van der Waals surface area (Å²) in [7, 11) is 0. The lowest BCUT2D eigenvalue weighted by Gasteiger charge is -2.18. The van der Waals surface area contributed by atoms with Gasteiger partial charge in [0.2, 0.25) is 0 Å². The minimum Gasteiger partial charge on any atom is -0.309 e. The lowest BCUT2D eigenvalue weighted by Crippen LogP contribution is -2.24. The molecule has 0 aliphatic heterocycles. The Morgan fingerprint density at radius 2 is 2.10 bits per heavy atom. The second-order valence-corrected chi connectivity index (χ2v) is 6.57. The summed E-state index contributed by atoms with van der Waals surface area (Å²) >= 11 is 1.57. The first-order valence-corrected chi connectivity index (χ1v) is 8.71. The molecule has 1 saturated carbocycles. The highest BCUT2D eigenvalue weighted by molar-refractivity contribution is 7.05. The van der Waals surface area contributed by atoms with E-state index in [-0.39, 0.29) is 0 Å². The van der Waals surface area contributed by atoms with Gasteiger partial charge in [-0.05, 0) is 54.7 Å². The molecule has 1 aromatic heterocycles. The molecule has 0 amide bonds. The van der Waals surface area contributed by atoms with Crippen molar-refractivity contribution >= 4 is 11.5 Å². The van der Waals surface area contributed by atoms with Crippen molar-refractivity contribution < 1.29 is 0 Å². The Kier molecular flexibility index (Phi) is 4.66. The lowest BCUT2D eigenvalue weighted by atomic mass is 10.0. The maximum atomic E-state index is 4.30. The van der Waals surface area contributed by atoms with Crippen LogP contribution in [0.25, 0.3) is 0 Å². The van der Waals surface area contributed by atoms with Crippen LogP contribution in [0.15, 0.2) is 30.3 Å². The van der Waals surface area contributed by atoms with E-state index in [4.69, 9.17) is 0 Å². The van der Waals surface area contributed by atoms with E-state index in [9.17, 15) is 0 Å². The zero-order valence-corrected chi connectivity index (χ0v) is 13.6. The maximum absolute atomic E-state index is 4.30. The molecule has 3 atom stereocenters.